The Morgan fingerprint density at radius 2 is 2.06 bits per heavy atom. The minimum Gasteiger partial charge on any atom is -0.359 e. The van der Waals surface area contributed by atoms with Crippen LogP contribution in [0.25, 0.3) is 0 Å². The second-order valence-corrected chi connectivity index (χ2v) is 6.86. The molecule has 1 saturated carbocycles. The average molecular weight is 251 g/mol. The molecule has 0 aromatic carbocycles. The van der Waals surface area contributed by atoms with Crippen LogP contribution in [0, 0.1) is 5.92 Å². The molecular weight excluding hydrogens is 222 g/mol. The van der Waals surface area contributed by atoms with E-state index >= 15 is 0 Å². The number of nitrogens with one attached hydrogen (secondary N) is 1. The molecule has 0 aromatic heterocycles. The van der Waals surface area contributed by atoms with Gasteiger partial charge in [-0.1, -0.05) is 39.0 Å². The molecule has 1 N–H and O–H groups in total. The molecule has 0 unspecified atom stereocenters. The van der Waals surface area contributed by atoms with Crippen molar-refractivity contribution in [2.24, 2.45) is 5.92 Å². The van der Waals surface area contributed by atoms with Gasteiger partial charge in [0.25, 0.3) is 0 Å². The quantitative estimate of drug-likeness (QED) is 0.746. The summed E-state index contributed by atoms with van der Waals surface area (Å²) in [4.78, 5) is 0. The third kappa shape index (κ3) is 2.22. The molecule has 1 aliphatic carbocycles. The van der Waals surface area contributed by atoms with Gasteiger partial charge in [0.2, 0.25) is 0 Å². The normalized spacial score (nSPS) is 42.8. The number of hydrogen-bond donors (Lipinski definition) is 1. The van der Waals surface area contributed by atoms with Crippen molar-refractivity contribution in [3.05, 3.63) is 0 Å². The molecule has 0 aromatic rings. The third-order valence-electron chi connectivity index (χ3n) is 5.62. The van der Waals surface area contributed by atoms with Crippen LogP contribution in [0.2, 0.25) is 0 Å². The van der Waals surface area contributed by atoms with Gasteiger partial charge in [0.15, 0.2) is 0 Å². The van der Waals surface area contributed by atoms with Gasteiger partial charge in [-0.15, -0.1) is 0 Å². The van der Waals surface area contributed by atoms with E-state index in [0.717, 1.165) is 12.5 Å². The summed E-state index contributed by atoms with van der Waals surface area (Å²) >= 11 is 0. The van der Waals surface area contributed by atoms with Crippen LogP contribution >= 0.6 is 0 Å². The molecule has 2 nitrogen and oxygen atoms in total. The number of hydrogen-bond acceptors (Lipinski definition) is 2. The second kappa shape index (κ2) is 5.13. The molecule has 104 valence electrons. The highest BCUT2D eigenvalue weighted by molar-refractivity contribution is 5.09. The first kappa shape index (κ1) is 12.9. The fourth-order valence-corrected chi connectivity index (χ4v) is 4.52. The van der Waals surface area contributed by atoms with Crippen LogP contribution in [-0.4, -0.2) is 17.9 Å². The zero-order valence-corrected chi connectivity index (χ0v) is 12.0. The molecule has 2 heteroatoms. The number of ether oxygens (including phenoxy) is 1. The van der Waals surface area contributed by atoms with Gasteiger partial charge in [0, 0.05) is 5.54 Å². The van der Waals surface area contributed by atoms with E-state index in [1.165, 1.54) is 70.6 Å². The van der Waals surface area contributed by atoms with Crippen LogP contribution in [0.3, 0.4) is 0 Å². The Morgan fingerprint density at radius 3 is 2.94 bits per heavy atom. The average Bonchev–Trinajstić information content (AvgIpc) is 2.68. The van der Waals surface area contributed by atoms with Crippen molar-refractivity contribution < 1.29 is 4.74 Å². The van der Waals surface area contributed by atoms with Crippen molar-refractivity contribution in [2.45, 2.75) is 88.8 Å². The molecule has 3 rings (SSSR count). The molecule has 0 radical (unpaired) electrons. The van der Waals surface area contributed by atoms with E-state index < -0.39 is 0 Å². The van der Waals surface area contributed by atoms with E-state index in [1.807, 2.05) is 0 Å². The molecule has 2 saturated heterocycles. The van der Waals surface area contributed by atoms with Gasteiger partial charge in [-0.25, -0.2) is 0 Å². The molecule has 2 heterocycles. The van der Waals surface area contributed by atoms with Gasteiger partial charge in [-0.2, -0.15) is 0 Å². The van der Waals surface area contributed by atoms with Crippen molar-refractivity contribution in [3.63, 3.8) is 0 Å². The molecule has 1 spiro atoms. The van der Waals surface area contributed by atoms with Gasteiger partial charge in [0.05, 0.1) is 6.61 Å². The minimum atomic E-state index is 0.0710. The molecule has 3 fully saturated rings. The highest BCUT2D eigenvalue weighted by Crippen LogP contribution is 2.49. The second-order valence-electron chi connectivity index (χ2n) is 6.86. The number of unbranched alkanes of at least 4 members (excludes halogenated alkanes) is 3. The van der Waals surface area contributed by atoms with Crippen LogP contribution in [0.15, 0.2) is 0 Å². The van der Waals surface area contributed by atoms with E-state index in [4.69, 9.17) is 4.74 Å². The molecule has 2 aliphatic heterocycles. The summed E-state index contributed by atoms with van der Waals surface area (Å²) in [5, 5.41) is 3.97. The summed E-state index contributed by atoms with van der Waals surface area (Å²) in [6.07, 6.45) is 14.9. The van der Waals surface area contributed by atoms with Crippen molar-refractivity contribution in [3.8, 4) is 0 Å². The van der Waals surface area contributed by atoms with Gasteiger partial charge < -0.3 is 4.74 Å². The number of rotatable bonds is 5. The zero-order chi connectivity index (χ0) is 12.5. The molecule has 0 amide bonds. The first-order valence-electron chi connectivity index (χ1n) is 8.22. The van der Waals surface area contributed by atoms with E-state index in [9.17, 15) is 0 Å². The summed E-state index contributed by atoms with van der Waals surface area (Å²) < 4.78 is 6.29. The summed E-state index contributed by atoms with van der Waals surface area (Å²) in [6.45, 7) is 3.27. The maximum absolute atomic E-state index is 6.29. The Hall–Kier alpha value is -0.0800. The topological polar surface area (TPSA) is 21.3 Å². The summed E-state index contributed by atoms with van der Waals surface area (Å²) in [5.41, 5.74) is 0.447. The van der Waals surface area contributed by atoms with E-state index in [2.05, 4.69) is 12.2 Å². The van der Waals surface area contributed by atoms with Gasteiger partial charge >= 0.3 is 0 Å². The fourth-order valence-electron chi connectivity index (χ4n) is 4.52. The SMILES string of the molecule is CCCCCC[C@]12CC[C@@H]3CCCC[C@@]3(CO1)N2. The monoisotopic (exact) mass is 251 g/mol. The van der Waals surface area contributed by atoms with Crippen molar-refractivity contribution in [1.82, 2.24) is 5.32 Å². The van der Waals surface area contributed by atoms with E-state index in [0.29, 0.717) is 5.54 Å². The maximum atomic E-state index is 6.29. The largest absolute Gasteiger partial charge is 0.359 e. The third-order valence-corrected chi connectivity index (χ3v) is 5.62. The smallest absolute Gasteiger partial charge is 0.119 e. The molecule has 3 atom stereocenters. The Balaban J connectivity index is 1.59. The first-order valence-corrected chi connectivity index (χ1v) is 8.22. The van der Waals surface area contributed by atoms with Crippen LogP contribution < -0.4 is 5.32 Å². The molecule has 18 heavy (non-hydrogen) atoms. The van der Waals surface area contributed by atoms with Crippen molar-refractivity contribution >= 4 is 0 Å². The molecule has 2 bridgehead atoms. The van der Waals surface area contributed by atoms with E-state index in [-0.39, 0.29) is 5.72 Å². The molecule has 3 aliphatic rings. The summed E-state index contributed by atoms with van der Waals surface area (Å²) in [7, 11) is 0. The minimum absolute atomic E-state index is 0.0710. The van der Waals surface area contributed by atoms with Crippen LogP contribution in [0.5, 0.6) is 0 Å². The highest BCUT2D eigenvalue weighted by atomic mass is 16.5. The number of fused-ring (bicyclic) bond motifs is 1. The van der Waals surface area contributed by atoms with Crippen LogP contribution in [-0.2, 0) is 4.74 Å². The zero-order valence-electron chi connectivity index (χ0n) is 12.0. The highest BCUT2D eigenvalue weighted by Gasteiger charge is 2.56. The van der Waals surface area contributed by atoms with Crippen LogP contribution in [0.1, 0.15) is 77.6 Å². The van der Waals surface area contributed by atoms with Gasteiger partial charge in [-0.05, 0) is 44.4 Å². The summed E-state index contributed by atoms with van der Waals surface area (Å²) in [5.74, 6) is 0.900. The Labute approximate surface area is 112 Å². The maximum Gasteiger partial charge on any atom is 0.119 e. The molecular formula is C16H29NO. The van der Waals surface area contributed by atoms with E-state index in [1.54, 1.807) is 0 Å². The predicted octanol–water partition coefficient (Wildman–Crippen LogP) is 4.00. The lowest BCUT2D eigenvalue weighted by Gasteiger charge is -2.47. The lowest BCUT2D eigenvalue weighted by molar-refractivity contribution is -0.0329. The Bertz CT molecular complexity index is 289. The Kier molecular flexibility index (Phi) is 3.68. The van der Waals surface area contributed by atoms with Crippen molar-refractivity contribution in [1.29, 1.82) is 0 Å². The first-order chi connectivity index (χ1) is 8.79. The van der Waals surface area contributed by atoms with Gasteiger partial charge in [0.1, 0.15) is 5.72 Å². The Morgan fingerprint density at radius 1 is 1.11 bits per heavy atom. The number of piperidine rings is 1. The lowest BCUT2D eigenvalue weighted by Crippen LogP contribution is -2.60. The van der Waals surface area contributed by atoms with Crippen molar-refractivity contribution in [2.75, 3.05) is 6.61 Å². The predicted molar refractivity (Wildman–Crippen MR) is 74.5 cm³/mol. The van der Waals surface area contributed by atoms with Gasteiger partial charge in [-0.3, -0.25) is 5.32 Å². The standard InChI is InChI=1S/C16H29NO/c1-2-3-4-6-11-16-12-9-14-8-5-7-10-15(14,17-16)13-18-16/h14,17H,2-13H2,1H3/t14-,15-,16+/m0/s1. The lowest BCUT2D eigenvalue weighted by atomic mass is 9.68. The van der Waals surface area contributed by atoms with Crippen LogP contribution in [0.4, 0.5) is 0 Å². The fraction of sp³-hybridized carbons (Fsp3) is 1.00. The summed E-state index contributed by atoms with van der Waals surface area (Å²) in [6, 6.07) is 0.